The SMILES string of the molecule is N#Cc1cccc([C@H]2CNC[C@@H]2Nc2ncnc3c(C(N)=O)cccc23)c1. The fourth-order valence-corrected chi connectivity index (χ4v) is 3.60. The van der Waals surface area contributed by atoms with E-state index in [4.69, 9.17) is 11.0 Å². The summed E-state index contributed by atoms with van der Waals surface area (Å²) in [6.07, 6.45) is 1.44. The Morgan fingerprint density at radius 3 is 2.89 bits per heavy atom. The van der Waals surface area contributed by atoms with Crippen LogP contribution in [-0.2, 0) is 0 Å². The average Bonchev–Trinajstić information content (AvgIpc) is 3.16. The van der Waals surface area contributed by atoms with Crippen LogP contribution in [0.3, 0.4) is 0 Å². The fourth-order valence-electron chi connectivity index (χ4n) is 3.60. The summed E-state index contributed by atoms with van der Waals surface area (Å²) in [6.45, 7) is 1.57. The van der Waals surface area contributed by atoms with Crippen molar-refractivity contribution < 1.29 is 4.79 Å². The van der Waals surface area contributed by atoms with Crippen molar-refractivity contribution in [2.24, 2.45) is 5.73 Å². The lowest BCUT2D eigenvalue weighted by molar-refractivity contribution is 0.100. The number of rotatable bonds is 4. The maximum absolute atomic E-state index is 11.7. The molecule has 7 heteroatoms. The Balaban J connectivity index is 1.68. The predicted molar refractivity (Wildman–Crippen MR) is 102 cm³/mol. The number of hydrogen-bond donors (Lipinski definition) is 3. The van der Waals surface area contributed by atoms with Crippen molar-refractivity contribution in [3.05, 3.63) is 65.5 Å². The van der Waals surface area contributed by atoms with Crippen LogP contribution >= 0.6 is 0 Å². The molecular formula is C20H18N6O. The van der Waals surface area contributed by atoms with Gasteiger partial charge in [-0.2, -0.15) is 5.26 Å². The predicted octanol–water partition coefficient (Wildman–Crippen LogP) is 1.77. The third kappa shape index (κ3) is 3.18. The number of nitrogens with zero attached hydrogens (tertiary/aromatic N) is 3. The van der Waals surface area contributed by atoms with Crippen molar-refractivity contribution in [3.63, 3.8) is 0 Å². The summed E-state index contributed by atoms with van der Waals surface area (Å²) in [4.78, 5) is 20.3. The lowest BCUT2D eigenvalue weighted by Crippen LogP contribution is -2.28. The molecule has 4 N–H and O–H groups in total. The molecule has 2 aromatic carbocycles. The Hall–Kier alpha value is -3.50. The highest BCUT2D eigenvalue weighted by Crippen LogP contribution is 2.29. The number of carbonyl (C=O) groups is 1. The molecular weight excluding hydrogens is 340 g/mol. The van der Waals surface area contributed by atoms with Crippen LogP contribution in [-0.4, -0.2) is 35.0 Å². The summed E-state index contributed by atoms with van der Waals surface area (Å²) >= 11 is 0. The van der Waals surface area contributed by atoms with E-state index in [2.05, 4.69) is 26.7 Å². The summed E-state index contributed by atoms with van der Waals surface area (Å²) in [5.41, 5.74) is 8.13. The second-order valence-electron chi connectivity index (χ2n) is 6.54. The summed E-state index contributed by atoms with van der Waals surface area (Å²) in [5.74, 6) is 0.347. The highest BCUT2D eigenvalue weighted by atomic mass is 16.1. The van der Waals surface area contributed by atoms with Gasteiger partial charge in [-0.05, 0) is 29.8 Å². The molecule has 1 aliphatic heterocycles. The first-order valence-electron chi connectivity index (χ1n) is 8.68. The number of fused-ring (bicyclic) bond motifs is 1. The molecule has 3 aromatic rings. The minimum atomic E-state index is -0.515. The number of anilines is 1. The third-order valence-corrected chi connectivity index (χ3v) is 4.91. The summed E-state index contributed by atoms with van der Waals surface area (Å²) in [6, 6.07) is 15.3. The van der Waals surface area contributed by atoms with Crippen molar-refractivity contribution in [3.8, 4) is 6.07 Å². The molecule has 0 bridgehead atoms. The largest absolute Gasteiger partial charge is 0.366 e. The molecule has 2 heterocycles. The van der Waals surface area contributed by atoms with Crippen LogP contribution in [0.2, 0.25) is 0 Å². The molecule has 1 aromatic heterocycles. The second-order valence-corrected chi connectivity index (χ2v) is 6.54. The van der Waals surface area contributed by atoms with E-state index in [9.17, 15) is 4.79 Å². The van der Waals surface area contributed by atoms with Gasteiger partial charge in [-0.25, -0.2) is 9.97 Å². The summed E-state index contributed by atoms with van der Waals surface area (Å²) < 4.78 is 0. The van der Waals surface area contributed by atoms with E-state index < -0.39 is 5.91 Å². The van der Waals surface area contributed by atoms with Crippen molar-refractivity contribution >= 4 is 22.6 Å². The van der Waals surface area contributed by atoms with Crippen LogP contribution in [0.15, 0.2) is 48.8 Å². The van der Waals surface area contributed by atoms with Gasteiger partial charge in [-0.1, -0.05) is 18.2 Å². The highest BCUT2D eigenvalue weighted by Gasteiger charge is 2.29. The molecule has 1 saturated heterocycles. The molecule has 2 atom stereocenters. The first-order valence-corrected chi connectivity index (χ1v) is 8.68. The van der Waals surface area contributed by atoms with E-state index in [1.807, 2.05) is 24.3 Å². The number of nitrogens with one attached hydrogen (secondary N) is 2. The standard InChI is InChI=1S/C20H18N6O/c21-8-12-3-1-4-13(7-12)16-9-23-10-17(16)26-20-15-6-2-5-14(19(22)27)18(15)24-11-25-20/h1-7,11,16-17,23H,9-10H2,(H2,22,27)(H,24,25,26)/t16-,17+/m1/s1. The average molecular weight is 358 g/mol. The minimum absolute atomic E-state index is 0.0919. The smallest absolute Gasteiger partial charge is 0.250 e. The Bertz CT molecular complexity index is 1060. The molecule has 0 aliphatic carbocycles. The van der Waals surface area contributed by atoms with Gasteiger partial charge in [-0.3, -0.25) is 4.79 Å². The van der Waals surface area contributed by atoms with Crippen LogP contribution < -0.4 is 16.4 Å². The van der Waals surface area contributed by atoms with Gasteiger partial charge < -0.3 is 16.4 Å². The lowest BCUT2D eigenvalue weighted by Gasteiger charge is -2.22. The number of amides is 1. The van der Waals surface area contributed by atoms with E-state index in [0.717, 1.165) is 24.0 Å². The van der Waals surface area contributed by atoms with Gasteiger partial charge in [0.1, 0.15) is 12.1 Å². The zero-order valence-corrected chi connectivity index (χ0v) is 14.5. The fraction of sp³-hybridized carbons (Fsp3) is 0.200. The van der Waals surface area contributed by atoms with Gasteiger partial charge in [0.15, 0.2) is 0 Å². The molecule has 7 nitrogen and oxygen atoms in total. The Morgan fingerprint density at radius 2 is 2.07 bits per heavy atom. The number of para-hydroxylation sites is 1. The molecule has 0 saturated carbocycles. The van der Waals surface area contributed by atoms with Crippen molar-refractivity contribution in [2.45, 2.75) is 12.0 Å². The number of carbonyl (C=O) groups excluding carboxylic acids is 1. The van der Waals surface area contributed by atoms with E-state index >= 15 is 0 Å². The minimum Gasteiger partial charge on any atom is -0.366 e. The number of primary amides is 1. The van der Waals surface area contributed by atoms with Crippen molar-refractivity contribution in [2.75, 3.05) is 18.4 Å². The van der Waals surface area contributed by atoms with Gasteiger partial charge in [0.2, 0.25) is 0 Å². The van der Waals surface area contributed by atoms with E-state index in [0.29, 0.717) is 22.5 Å². The maximum Gasteiger partial charge on any atom is 0.250 e. The molecule has 0 unspecified atom stereocenters. The molecule has 134 valence electrons. The first-order chi connectivity index (χ1) is 13.2. The van der Waals surface area contributed by atoms with Gasteiger partial charge in [0.25, 0.3) is 5.91 Å². The highest BCUT2D eigenvalue weighted by molar-refractivity contribution is 6.06. The van der Waals surface area contributed by atoms with Gasteiger partial charge >= 0.3 is 0 Å². The monoisotopic (exact) mass is 358 g/mol. The van der Waals surface area contributed by atoms with E-state index in [1.54, 1.807) is 18.2 Å². The Labute approximate surface area is 156 Å². The lowest BCUT2D eigenvalue weighted by atomic mass is 9.93. The van der Waals surface area contributed by atoms with Crippen molar-refractivity contribution in [1.29, 1.82) is 5.26 Å². The zero-order chi connectivity index (χ0) is 18.8. The molecule has 0 radical (unpaired) electrons. The maximum atomic E-state index is 11.7. The van der Waals surface area contributed by atoms with Crippen LogP contribution in [0.4, 0.5) is 5.82 Å². The summed E-state index contributed by atoms with van der Waals surface area (Å²) in [7, 11) is 0. The van der Waals surface area contributed by atoms with Crippen LogP contribution in [0.1, 0.15) is 27.4 Å². The van der Waals surface area contributed by atoms with Crippen LogP contribution in [0.5, 0.6) is 0 Å². The van der Waals surface area contributed by atoms with Gasteiger partial charge in [0, 0.05) is 30.4 Å². The number of hydrogen-bond acceptors (Lipinski definition) is 6. The number of benzene rings is 2. The summed E-state index contributed by atoms with van der Waals surface area (Å²) in [5, 5.41) is 16.8. The van der Waals surface area contributed by atoms with E-state index in [1.165, 1.54) is 6.33 Å². The Morgan fingerprint density at radius 1 is 1.22 bits per heavy atom. The third-order valence-electron chi connectivity index (χ3n) is 4.91. The number of nitrogens with two attached hydrogens (primary N) is 1. The number of aromatic nitrogens is 2. The van der Waals surface area contributed by atoms with E-state index in [-0.39, 0.29) is 12.0 Å². The normalized spacial score (nSPS) is 18.9. The topological polar surface area (TPSA) is 117 Å². The van der Waals surface area contributed by atoms with Gasteiger partial charge in [0.05, 0.1) is 22.7 Å². The van der Waals surface area contributed by atoms with Crippen molar-refractivity contribution in [1.82, 2.24) is 15.3 Å². The molecule has 1 aliphatic rings. The quantitative estimate of drug-likeness (QED) is 0.654. The Kier molecular flexibility index (Phi) is 4.40. The first kappa shape index (κ1) is 16.9. The number of nitriles is 1. The molecule has 1 amide bonds. The zero-order valence-electron chi connectivity index (χ0n) is 14.5. The molecule has 0 spiro atoms. The second kappa shape index (κ2) is 7.02. The molecule has 1 fully saturated rings. The van der Waals surface area contributed by atoms with Crippen LogP contribution in [0.25, 0.3) is 10.9 Å². The van der Waals surface area contributed by atoms with Crippen LogP contribution in [0, 0.1) is 11.3 Å². The van der Waals surface area contributed by atoms with Gasteiger partial charge in [-0.15, -0.1) is 0 Å². The molecule has 27 heavy (non-hydrogen) atoms. The molecule has 4 rings (SSSR count).